The van der Waals surface area contributed by atoms with Crippen molar-refractivity contribution in [2.45, 2.75) is 26.1 Å². The van der Waals surface area contributed by atoms with Gasteiger partial charge in [0, 0.05) is 62.3 Å². The SMILES string of the molecule is COc1ccc2c(c1)O[C@H](C)CN(CC(=O)N1CCN(Cc3cccs3)CC1)C2. The van der Waals surface area contributed by atoms with Gasteiger partial charge in [0.1, 0.15) is 17.6 Å². The number of amides is 1. The highest BCUT2D eigenvalue weighted by Gasteiger charge is 2.26. The van der Waals surface area contributed by atoms with E-state index in [4.69, 9.17) is 9.47 Å². The van der Waals surface area contributed by atoms with Gasteiger partial charge in [-0.05, 0) is 24.4 Å². The molecule has 3 heterocycles. The molecule has 6 nitrogen and oxygen atoms in total. The minimum absolute atomic E-state index is 0.0267. The van der Waals surface area contributed by atoms with Crippen molar-refractivity contribution in [3.8, 4) is 11.5 Å². The largest absolute Gasteiger partial charge is 0.497 e. The van der Waals surface area contributed by atoms with Crippen LogP contribution in [0.1, 0.15) is 17.4 Å². The second kappa shape index (κ2) is 9.15. The van der Waals surface area contributed by atoms with Crippen LogP contribution in [0.5, 0.6) is 11.5 Å². The van der Waals surface area contributed by atoms with Crippen molar-refractivity contribution in [2.75, 3.05) is 46.4 Å². The molecule has 2 aliphatic rings. The molecule has 0 saturated carbocycles. The van der Waals surface area contributed by atoms with Crippen molar-refractivity contribution in [1.29, 1.82) is 0 Å². The van der Waals surface area contributed by atoms with E-state index >= 15 is 0 Å². The molecule has 156 valence electrons. The molecule has 0 N–H and O–H groups in total. The second-order valence-electron chi connectivity index (χ2n) is 7.81. The van der Waals surface area contributed by atoms with Gasteiger partial charge in [-0.2, -0.15) is 0 Å². The van der Waals surface area contributed by atoms with E-state index in [-0.39, 0.29) is 12.0 Å². The summed E-state index contributed by atoms with van der Waals surface area (Å²) in [6.45, 7) is 8.41. The molecule has 1 fully saturated rings. The summed E-state index contributed by atoms with van der Waals surface area (Å²) < 4.78 is 11.4. The molecule has 7 heteroatoms. The number of thiophene rings is 1. The molecule has 0 radical (unpaired) electrons. The number of ether oxygens (including phenoxy) is 2. The smallest absolute Gasteiger partial charge is 0.236 e. The van der Waals surface area contributed by atoms with Gasteiger partial charge in [-0.3, -0.25) is 14.6 Å². The maximum atomic E-state index is 12.9. The Kier molecular flexibility index (Phi) is 6.37. The van der Waals surface area contributed by atoms with Gasteiger partial charge >= 0.3 is 0 Å². The van der Waals surface area contributed by atoms with Gasteiger partial charge in [0.2, 0.25) is 5.91 Å². The van der Waals surface area contributed by atoms with Crippen molar-refractivity contribution in [2.24, 2.45) is 0 Å². The first kappa shape index (κ1) is 20.2. The van der Waals surface area contributed by atoms with E-state index in [9.17, 15) is 4.79 Å². The van der Waals surface area contributed by atoms with Crippen LogP contribution in [0, 0.1) is 0 Å². The normalized spacial score (nSPS) is 20.6. The lowest BCUT2D eigenvalue weighted by atomic mass is 10.2. The van der Waals surface area contributed by atoms with Crippen LogP contribution >= 0.6 is 11.3 Å². The van der Waals surface area contributed by atoms with Crippen molar-refractivity contribution in [1.82, 2.24) is 14.7 Å². The highest BCUT2D eigenvalue weighted by atomic mass is 32.1. The Bertz CT molecular complexity index is 819. The average Bonchev–Trinajstić information content (AvgIpc) is 3.16. The number of benzene rings is 1. The summed E-state index contributed by atoms with van der Waals surface area (Å²) in [5.74, 6) is 1.86. The fraction of sp³-hybridized carbons (Fsp3) is 0.500. The zero-order valence-electron chi connectivity index (χ0n) is 17.2. The Morgan fingerprint density at radius 2 is 2.03 bits per heavy atom. The predicted octanol–water partition coefficient (Wildman–Crippen LogP) is 2.68. The molecule has 1 atom stereocenters. The van der Waals surface area contributed by atoms with Gasteiger partial charge in [0.15, 0.2) is 0 Å². The van der Waals surface area contributed by atoms with Crippen LogP contribution in [0.3, 0.4) is 0 Å². The van der Waals surface area contributed by atoms with Crippen molar-refractivity contribution in [3.63, 3.8) is 0 Å². The molecule has 4 rings (SSSR count). The minimum Gasteiger partial charge on any atom is -0.497 e. The number of hydrogen-bond donors (Lipinski definition) is 0. The second-order valence-corrected chi connectivity index (χ2v) is 8.84. The number of hydrogen-bond acceptors (Lipinski definition) is 6. The van der Waals surface area contributed by atoms with Crippen LogP contribution in [0.4, 0.5) is 0 Å². The van der Waals surface area contributed by atoms with E-state index in [2.05, 4.69) is 34.2 Å². The molecule has 29 heavy (non-hydrogen) atoms. The number of nitrogens with zero attached hydrogens (tertiary/aromatic N) is 3. The van der Waals surface area contributed by atoms with Crippen LogP contribution in [0.25, 0.3) is 0 Å². The van der Waals surface area contributed by atoms with E-state index in [1.165, 1.54) is 4.88 Å². The van der Waals surface area contributed by atoms with Gasteiger partial charge in [0.25, 0.3) is 0 Å². The molecule has 2 aromatic rings. The molecule has 2 aliphatic heterocycles. The van der Waals surface area contributed by atoms with Gasteiger partial charge in [-0.1, -0.05) is 12.1 Å². The van der Waals surface area contributed by atoms with Gasteiger partial charge in [0.05, 0.1) is 13.7 Å². The summed E-state index contributed by atoms with van der Waals surface area (Å²) in [7, 11) is 1.66. The van der Waals surface area contributed by atoms with Gasteiger partial charge in [-0.25, -0.2) is 0 Å². The molecule has 1 amide bonds. The van der Waals surface area contributed by atoms with Crippen LogP contribution in [0.15, 0.2) is 35.7 Å². The summed E-state index contributed by atoms with van der Waals surface area (Å²) >= 11 is 1.80. The number of fused-ring (bicyclic) bond motifs is 1. The van der Waals surface area contributed by atoms with E-state index < -0.39 is 0 Å². The number of carbonyl (C=O) groups is 1. The summed E-state index contributed by atoms with van der Waals surface area (Å²) in [6, 6.07) is 10.2. The molecule has 0 bridgehead atoms. The van der Waals surface area contributed by atoms with E-state index in [1.807, 2.05) is 23.1 Å². The van der Waals surface area contributed by atoms with Crippen molar-refractivity contribution in [3.05, 3.63) is 46.2 Å². The fourth-order valence-electron chi connectivity index (χ4n) is 4.02. The minimum atomic E-state index is 0.0267. The quantitative estimate of drug-likeness (QED) is 0.751. The van der Waals surface area contributed by atoms with Crippen LogP contribution in [0.2, 0.25) is 0 Å². The Labute approximate surface area is 176 Å². The van der Waals surface area contributed by atoms with Crippen LogP contribution < -0.4 is 9.47 Å². The number of carbonyl (C=O) groups excluding carboxylic acids is 1. The highest BCUT2D eigenvalue weighted by Crippen LogP contribution is 2.29. The molecular formula is C22H29N3O3S. The molecule has 1 aromatic heterocycles. The fourth-order valence-corrected chi connectivity index (χ4v) is 4.76. The molecule has 0 spiro atoms. The van der Waals surface area contributed by atoms with E-state index in [0.29, 0.717) is 13.1 Å². The first-order chi connectivity index (χ1) is 14.1. The summed E-state index contributed by atoms with van der Waals surface area (Å²) in [4.78, 5) is 21.0. The standard InChI is InChI=1S/C22H29N3O3S/c1-17-13-24(14-18-5-6-19(27-2)12-21(18)28-17)16-22(26)25-9-7-23(8-10-25)15-20-4-3-11-29-20/h3-6,11-12,17H,7-10,13-16H2,1-2H3/t17-/m1/s1. The molecular weight excluding hydrogens is 386 g/mol. The summed E-state index contributed by atoms with van der Waals surface area (Å²) in [5, 5.41) is 2.12. The zero-order valence-corrected chi connectivity index (χ0v) is 18.0. The number of piperazine rings is 1. The van der Waals surface area contributed by atoms with Gasteiger partial charge < -0.3 is 14.4 Å². The monoisotopic (exact) mass is 415 g/mol. The number of rotatable bonds is 5. The lowest BCUT2D eigenvalue weighted by Gasteiger charge is -2.35. The highest BCUT2D eigenvalue weighted by molar-refractivity contribution is 7.09. The van der Waals surface area contributed by atoms with E-state index in [1.54, 1.807) is 18.4 Å². The lowest BCUT2D eigenvalue weighted by Crippen LogP contribution is -2.51. The predicted molar refractivity (Wildman–Crippen MR) is 115 cm³/mol. The third-order valence-corrected chi connectivity index (χ3v) is 6.42. The maximum Gasteiger partial charge on any atom is 0.236 e. The summed E-state index contributed by atoms with van der Waals surface area (Å²) in [6.07, 6.45) is 0.0267. The topological polar surface area (TPSA) is 45.3 Å². The Hall–Kier alpha value is -2.09. The Balaban J connectivity index is 1.32. The number of methoxy groups -OCH3 is 1. The Morgan fingerprint density at radius 3 is 2.76 bits per heavy atom. The van der Waals surface area contributed by atoms with Crippen molar-refractivity contribution >= 4 is 17.2 Å². The lowest BCUT2D eigenvalue weighted by molar-refractivity contribution is -0.134. The molecule has 0 unspecified atom stereocenters. The first-order valence-corrected chi connectivity index (χ1v) is 11.1. The maximum absolute atomic E-state index is 12.9. The van der Waals surface area contributed by atoms with E-state index in [0.717, 1.165) is 56.3 Å². The molecule has 0 aliphatic carbocycles. The molecule has 1 aromatic carbocycles. The third-order valence-electron chi connectivity index (χ3n) is 5.56. The first-order valence-electron chi connectivity index (χ1n) is 10.2. The van der Waals surface area contributed by atoms with Crippen LogP contribution in [-0.4, -0.2) is 73.1 Å². The summed E-state index contributed by atoms with van der Waals surface area (Å²) in [5.41, 5.74) is 1.10. The Morgan fingerprint density at radius 1 is 1.21 bits per heavy atom. The average molecular weight is 416 g/mol. The third kappa shape index (κ3) is 5.10. The van der Waals surface area contributed by atoms with Crippen molar-refractivity contribution < 1.29 is 14.3 Å². The van der Waals surface area contributed by atoms with Gasteiger partial charge in [-0.15, -0.1) is 11.3 Å². The molecule has 1 saturated heterocycles. The van der Waals surface area contributed by atoms with Crippen LogP contribution in [-0.2, 0) is 17.9 Å². The zero-order chi connectivity index (χ0) is 20.2.